The fourth-order valence-electron chi connectivity index (χ4n) is 3.65. The Labute approximate surface area is 182 Å². The number of ketones is 1. The van der Waals surface area contributed by atoms with Gasteiger partial charge in [0.15, 0.2) is 0 Å². The second kappa shape index (κ2) is 8.38. The number of methoxy groups -OCH3 is 1. The van der Waals surface area contributed by atoms with Crippen LogP contribution >= 0.6 is 0 Å². The number of carbonyl (C=O) groups is 2. The molecule has 1 unspecified atom stereocenters. The second-order valence-corrected chi connectivity index (χ2v) is 7.10. The monoisotopic (exact) mass is 434 g/mol. The first-order chi connectivity index (χ1) is 15.4. The number of aliphatic hydroxyl groups is 1. The van der Waals surface area contributed by atoms with Gasteiger partial charge in [-0.3, -0.25) is 19.7 Å². The maximum Gasteiger partial charge on any atom is 0.296 e. The molecule has 0 saturated carbocycles. The van der Waals surface area contributed by atoms with E-state index in [1.807, 2.05) is 0 Å². The third kappa shape index (κ3) is 3.71. The Morgan fingerprint density at radius 1 is 1.16 bits per heavy atom. The number of likely N-dealkylation sites (tertiary alicyclic amines) is 1. The fraction of sp³-hybridized carbons (Fsp3) is 0.130. The van der Waals surface area contributed by atoms with Crippen LogP contribution in [0.4, 0.5) is 5.69 Å². The molecule has 2 aromatic carbocycles. The van der Waals surface area contributed by atoms with Gasteiger partial charge in [0.25, 0.3) is 17.4 Å². The minimum atomic E-state index is -0.966. The molecule has 162 valence electrons. The highest BCUT2D eigenvalue weighted by Gasteiger charge is 2.47. The molecule has 1 atom stereocenters. The molecular formula is C23H18N2O7. The van der Waals surface area contributed by atoms with Gasteiger partial charge in [-0.2, -0.15) is 0 Å². The zero-order valence-corrected chi connectivity index (χ0v) is 16.9. The highest BCUT2D eigenvalue weighted by atomic mass is 16.6. The number of rotatable bonds is 6. The number of amides is 1. The number of nitrogens with zero attached hydrogens (tertiary/aromatic N) is 2. The fourth-order valence-corrected chi connectivity index (χ4v) is 3.65. The van der Waals surface area contributed by atoms with Crippen LogP contribution in [-0.4, -0.2) is 33.7 Å². The van der Waals surface area contributed by atoms with Gasteiger partial charge >= 0.3 is 0 Å². The van der Waals surface area contributed by atoms with Crippen LogP contribution in [0.5, 0.6) is 5.75 Å². The lowest BCUT2D eigenvalue weighted by Gasteiger charge is -2.23. The van der Waals surface area contributed by atoms with Gasteiger partial charge in [-0.15, -0.1) is 0 Å². The van der Waals surface area contributed by atoms with Crippen LogP contribution in [0.25, 0.3) is 5.76 Å². The third-order valence-electron chi connectivity index (χ3n) is 5.19. The van der Waals surface area contributed by atoms with Gasteiger partial charge in [-0.05, 0) is 42.0 Å². The number of hydrogen-bond donors (Lipinski definition) is 1. The highest BCUT2D eigenvalue weighted by molar-refractivity contribution is 6.46. The predicted molar refractivity (Wildman–Crippen MR) is 113 cm³/mol. The van der Waals surface area contributed by atoms with Gasteiger partial charge in [0.2, 0.25) is 0 Å². The number of aliphatic hydroxyl groups excluding tert-OH is 1. The van der Waals surface area contributed by atoms with Crippen molar-refractivity contribution in [2.75, 3.05) is 7.11 Å². The Bertz CT molecular complexity index is 1210. The molecule has 4 rings (SSSR count). The number of nitro groups is 1. The lowest BCUT2D eigenvalue weighted by Crippen LogP contribution is -2.29. The first-order valence-electron chi connectivity index (χ1n) is 9.60. The summed E-state index contributed by atoms with van der Waals surface area (Å²) in [5.41, 5.74) is 0.578. The molecule has 2 heterocycles. The van der Waals surface area contributed by atoms with Gasteiger partial charge in [0.1, 0.15) is 23.3 Å². The van der Waals surface area contributed by atoms with Gasteiger partial charge in [0.05, 0.1) is 23.9 Å². The van der Waals surface area contributed by atoms with Crippen molar-refractivity contribution < 1.29 is 28.8 Å². The van der Waals surface area contributed by atoms with Crippen molar-refractivity contribution in [2.45, 2.75) is 12.6 Å². The summed E-state index contributed by atoms with van der Waals surface area (Å²) < 4.78 is 10.7. The summed E-state index contributed by atoms with van der Waals surface area (Å²) >= 11 is 0. The van der Waals surface area contributed by atoms with Crippen LogP contribution in [0.15, 0.2) is 76.9 Å². The van der Waals surface area contributed by atoms with Gasteiger partial charge in [-0.1, -0.05) is 12.1 Å². The van der Waals surface area contributed by atoms with Crippen LogP contribution in [0, 0.1) is 10.1 Å². The Balaban J connectivity index is 1.79. The minimum absolute atomic E-state index is 0.0736. The zero-order chi connectivity index (χ0) is 22.8. The van der Waals surface area contributed by atoms with E-state index in [0.717, 1.165) is 5.56 Å². The van der Waals surface area contributed by atoms with E-state index in [1.165, 1.54) is 42.5 Å². The standard InChI is InChI=1S/C23H18N2O7/c1-31-17-5-2-4-14(12-17)13-24-20(18-6-3-11-32-18)19(22(27)23(24)28)21(26)15-7-9-16(10-8-15)25(29)30/h2-12,20,26H,13H2,1H3/b21-19-. The largest absolute Gasteiger partial charge is 0.507 e. The number of ether oxygens (including phenoxy) is 1. The molecule has 9 nitrogen and oxygen atoms in total. The van der Waals surface area contributed by atoms with Crippen molar-refractivity contribution in [3.8, 4) is 5.75 Å². The Hall–Kier alpha value is -4.40. The Morgan fingerprint density at radius 2 is 1.91 bits per heavy atom. The van der Waals surface area contributed by atoms with Crippen LogP contribution in [0.3, 0.4) is 0 Å². The van der Waals surface area contributed by atoms with E-state index in [2.05, 4.69) is 0 Å². The number of carbonyl (C=O) groups excluding carboxylic acids is 2. The van der Waals surface area contributed by atoms with Gasteiger partial charge in [0, 0.05) is 24.2 Å². The van der Waals surface area contributed by atoms with E-state index >= 15 is 0 Å². The molecule has 9 heteroatoms. The molecule has 1 aromatic heterocycles. The molecule has 1 aliphatic heterocycles. The smallest absolute Gasteiger partial charge is 0.296 e. The lowest BCUT2D eigenvalue weighted by atomic mass is 9.99. The van der Waals surface area contributed by atoms with Crippen molar-refractivity contribution in [1.29, 1.82) is 0 Å². The topological polar surface area (TPSA) is 123 Å². The van der Waals surface area contributed by atoms with Crippen molar-refractivity contribution in [2.24, 2.45) is 0 Å². The number of non-ortho nitro benzene ring substituents is 1. The maximum absolute atomic E-state index is 12.9. The van der Waals surface area contributed by atoms with E-state index in [-0.39, 0.29) is 23.4 Å². The van der Waals surface area contributed by atoms with E-state index in [4.69, 9.17) is 9.15 Å². The van der Waals surface area contributed by atoms with Crippen molar-refractivity contribution in [3.05, 3.63) is 99.5 Å². The summed E-state index contributed by atoms with van der Waals surface area (Å²) in [7, 11) is 1.53. The number of furan rings is 1. The molecule has 0 bridgehead atoms. The first kappa shape index (κ1) is 20.9. The molecule has 0 spiro atoms. The number of Topliss-reactive ketones (excluding diaryl/α,β-unsaturated/α-hetero) is 1. The second-order valence-electron chi connectivity index (χ2n) is 7.10. The molecule has 1 amide bonds. The van der Waals surface area contributed by atoms with E-state index < -0.39 is 28.4 Å². The van der Waals surface area contributed by atoms with Gasteiger partial charge < -0.3 is 19.2 Å². The average molecular weight is 434 g/mol. The quantitative estimate of drug-likeness (QED) is 0.206. The molecule has 1 N–H and O–H groups in total. The normalized spacial score (nSPS) is 17.5. The summed E-state index contributed by atoms with van der Waals surface area (Å²) in [5.74, 6) is -1.20. The molecule has 1 fully saturated rings. The van der Waals surface area contributed by atoms with Crippen molar-refractivity contribution in [1.82, 2.24) is 4.90 Å². The van der Waals surface area contributed by atoms with Crippen molar-refractivity contribution >= 4 is 23.1 Å². The predicted octanol–water partition coefficient (Wildman–Crippen LogP) is 3.82. The Kier molecular flexibility index (Phi) is 5.46. The molecular weight excluding hydrogens is 416 g/mol. The van der Waals surface area contributed by atoms with E-state index in [1.54, 1.807) is 36.4 Å². The molecule has 1 saturated heterocycles. The van der Waals surface area contributed by atoms with E-state index in [0.29, 0.717) is 11.5 Å². The van der Waals surface area contributed by atoms with E-state index in [9.17, 15) is 24.8 Å². The van der Waals surface area contributed by atoms with Crippen LogP contribution < -0.4 is 4.74 Å². The van der Waals surface area contributed by atoms with Crippen LogP contribution in [0.2, 0.25) is 0 Å². The number of hydrogen-bond acceptors (Lipinski definition) is 7. The minimum Gasteiger partial charge on any atom is -0.507 e. The zero-order valence-electron chi connectivity index (χ0n) is 16.9. The van der Waals surface area contributed by atoms with Gasteiger partial charge in [-0.25, -0.2) is 0 Å². The summed E-state index contributed by atoms with van der Waals surface area (Å²) in [6.07, 6.45) is 1.41. The van der Waals surface area contributed by atoms with Crippen molar-refractivity contribution in [3.63, 3.8) is 0 Å². The van der Waals surface area contributed by atoms with Crippen LogP contribution in [-0.2, 0) is 16.1 Å². The summed E-state index contributed by atoms with van der Waals surface area (Å²) in [6, 6.07) is 14.4. The summed E-state index contributed by atoms with van der Waals surface area (Å²) in [6.45, 7) is 0.0736. The molecule has 32 heavy (non-hydrogen) atoms. The third-order valence-corrected chi connectivity index (χ3v) is 5.19. The van der Waals surface area contributed by atoms with Crippen LogP contribution in [0.1, 0.15) is 22.9 Å². The SMILES string of the molecule is COc1cccc(CN2C(=O)C(=O)/C(=C(\O)c3ccc([N+](=O)[O-])cc3)C2c2ccco2)c1. The molecule has 0 aliphatic carbocycles. The molecule has 0 radical (unpaired) electrons. The molecule has 1 aliphatic rings. The molecule has 3 aromatic rings. The number of benzene rings is 2. The highest BCUT2D eigenvalue weighted by Crippen LogP contribution is 2.40. The summed E-state index contributed by atoms with van der Waals surface area (Å²) in [4.78, 5) is 37.5. The Morgan fingerprint density at radius 3 is 2.53 bits per heavy atom. The first-order valence-corrected chi connectivity index (χ1v) is 9.60. The summed E-state index contributed by atoms with van der Waals surface area (Å²) in [5, 5.41) is 21.8. The lowest BCUT2D eigenvalue weighted by molar-refractivity contribution is -0.384. The number of nitro benzene ring substituents is 1. The average Bonchev–Trinajstić information content (AvgIpc) is 3.41. The maximum atomic E-state index is 12.9.